The summed E-state index contributed by atoms with van der Waals surface area (Å²) < 4.78 is 0. The number of hydrogen-bond acceptors (Lipinski definition) is 3. The van der Waals surface area contributed by atoms with Crippen molar-refractivity contribution in [2.75, 3.05) is 5.32 Å². The van der Waals surface area contributed by atoms with Crippen LogP contribution in [-0.4, -0.2) is 16.0 Å². The summed E-state index contributed by atoms with van der Waals surface area (Å²) in [5.74, 6) is 1.44. The first-order valence-corrected chi connectivity index (χ1v) is 7.39. The van der Waals surface area contributed by atoms with Gasteiger partial charge in [-0.05, 0) is 36.8 Å². The van der Waals surface area contributed by atoms with Gasteiger partial charge in [0.25, 0.3) is 0 Å². The minimum Gasteiger partial charge on any atom is -0.351 e. The van der Waals surface area contributed by atoms with Crippen LogP contribution in [0.1, 0.15) is 32.3 Å². The van der Waals surface area contributed by atoms with Crippen LogP contribution in [-0.2, 0) is 6.42 Å². The van der Waals surface area contributed by atoms with Crippen LogP contribution in [0.5, 0.6) is 0 Å². The molecule has 104 valence electrons. The van der Waals surface area contributed by atoms with Crippen molar-refractivity contribution in [2.45, 2.75) is 39.2 Å². The van der Waals surface area contributed by atoms with Crippen molar-refractivity contribution in [1.82, 2.24) is 9.97 Å². The van der Waals surface area contributed by atoms with Gasteiger partial charge < -0.3 is 5.32 Å². The maximum absolute atomic E-state index is 4.59. The summed E-state index contributed by atoms with van der Waals surface area (Å²) in [5.41, 5.74) is 3.52. The van der Waals surface area contributed by atoms with E-state index in [9.17, 15) is 0 Å². The molecule has 1 saturated carbocycles. The van der Waals surface area contributed by atoms with Crippen molar-refractivity contribution in [3.63, 3.8) is 0 Å². The van der Waals surface area contributed by atoms with E-state index < -0.39 is 0 Å². The Morgan fingerprint density at radius 3 is 2.55 bits per heavy atom. The number of aromatic nitrogens is 2. The zero-order valence-electron chi connectivity index (χ0n) is 12.1. The second-order valence-electron chi connectivity index (χ2n) is 5.98. The maximum atomic E-state index is 4.59. The van der Waals surface area contributed by atoms with Crippen molar-refractivity contribution < 1.29 is 0 Å². The van der Waals surface area contributed by atoms with Crippen LogP contribution < -0.4 is 5.32 Å². The van der Waals surface area contributed by atoms with Gasteiger partial charge >= 0.3 is 0 Å². The fourth-order valence-electron chi connectivity index (χ4n) is 2.28. The molecule has 0 aliphatic heterocycles. The standard InChI is InChI=1S/C17H21N3/c1-12(2)11-13-3-5-14(6-4-13)16-9-10-18-17(20-16)19-15-7-8-15/h3-6,9-10,12,15H,7-8,11H2,1-2H3,(H,18,19,20). The van der Waals surface area contributed by atoms with E-state index in [1.54, 1.807) is 0 Å². The highest BCUT2D eigenvalue weighted by Gasteiger charge is 2.21. The lowest BCUT2D eigenvalue weighted by molar-refractivity contribution is 0.647. The van der Waals surface area contributed by atoms with Gasteiger partial charge in [0, 0.05) is 17.8 Å². The molecule has 0 saturated heterocycles. The molecule has 0 unspecified atom stereocenters. The summed E-state index contributed by atoms with van der Waals surface area (Å²) in [6.45, 7) is 4.49. The molecule has 3 nitrogen and oxygen atoms in total. The topological polar surface area (TPSA) is 37.8 Å². The van der Waals surface area contributed by atoms with E-state index in [-0.39, 0.29) is 0 Å². The molecular weight excluding hydrogens is 246 g/mol. The van der Waals surface area contributed by atoms with Gasteiger partial charge in [-0.15, -0.1) is 0 Å². The Morgan fingerprint density at radius 2 is 1.90 bits per heavy atom. The van der Waals surface area contributed by atoms with E-state index in [4.69, 9.17) is 0 Å². The van der Waals surface area contributed by atoms with Crippen LogP contribution in [0.25, 0.3) is 11.3 Å². The van der Waals surface area contributed by atoms with Crippen molar-refractivity contribution >= 4 is 5.95 Å². The van der Waals surface area contributed by atoms with Crippen molar-refractivity contribution in [2.24, 2.45) is 5.92 Å². The largest absolute Gasteiger partial charge is 0.351 e. The lowest BCUT2D eigenvalue weighted by Crippen LogP contribution is -2.05. The molecule has 3 rings (SSSR count). The summed E-state index contributed by atoms with van der Waals surface area (Å²) in [6, 6.07) is 11.3. The molecule has 0 radical (unpaired) electrons. The van der Waals surface area contributed by atoms with Gasteiger partial charge in [0.15, 0.2) is 0 Å². The molecule has 1 heterocycles. The molecule has 1 aliphatic carbocycles. The Hall–Kier alpha value is -1.90. The summed E-state index contributed by atoms with van der Waals surface area (Å²) in [6.07, 6.45) is 5.42. The van der Waals surface area contributed by atoms with Crippen molar-refractivity contribution in [1.29, 1.82) is 0 Å². The molecule has 0 atom stereocenters. The number of anilines is 1. The fourth-order valence-corrected chi connectivity index (χ4v) is 2.28. The molecule has 20 heavy (non-hydrogen) atoms. The zero-order chi connectivity index (χ0) is 13.9. The minimum atomic E-state index is 0.582. The Bertz CT molecular complexity index is 571. The van der Waals surface area contributed by atoms with Gasteiger partial charge in [0.2, 0.25) is 5.95 Å². The summed E-state index contributed by atoms with van der Waals surface area (Å²) in [4.78, 5) is 8.87. The summed E-state index contributed by atoms with van der Waals surface area (Å²) >= 11 is 0. The van der Waals surface area contributed by atoms with E-state index in [1.165, 1.54) is 18.4 Å². The first-order valence-electron chi connectivity index (χ1n) is 7.39. The Labute approximate surface area is 120 Å². The lowest BCUT2D eigenvalue weighted by atomic mass is 10.0. The maximum Gasteiger partial charge on any atom is 0.223 e. The fraction of sp³-hybridized carbons (Fsp3) is 0.412. The van der Waals surface area contributed by atoms with Crippen LogP contribution >= 0.6 is 0 Å². The predicted octanol–water partition coefficient (Wildman–Crippen LogP) is 3.92. The third kappa shape index (κ3) is 3.35. The van der Waals surface area contributed by atoms with E-state index in [1.807, 2.05) is 12.3 Å². The van der Waals surface area contributed by atoms with Gasteiger partial charge in [0.1, 0.15) is 0 Å². The molecule has 1 N–H and O–H groups in total. The predicted molar refractivity (Wildman–Crippen MR) is 82.7 cm³/mol. The lowest BCUT2D eigenvalue weighted by Gasteiger charge is -2.07. The van der Waals surface area contributed by atoms with E-state index in [0.717, 1.165) is 23.6 Å². The molecule has 1 aliphatic rings. The average molecular weight is 267 g/mol. The third-order valence-corrected chi connectivity index (χ3v) is 3.46. The first-order chi connectivity index (χ1) is 9.70. The first kappa shape index (κ1) is 13.1. The Kier molecular flexibility index (Phi) is 3.68. The molecule has 2 aromatic rings. The summed E-state index contributed by atoms with van der Waals surface area (Å²) in [7, 11) is 0. The highest BCUT2D eigenvalue weighted by molar-refractivity contribution is 5.60. The molecule has 3 heteroatoms. The van der Waals surface area contributed by atoms with E-state index >= 15 is 0 Å². The SMILES string of the molecule is CC(C)Cc1ccc(-c2ccnc(NC3CC3)n2)cc1. The third-order valence-electron chi connectivity index (χ3n) is 3.46. The number of benzene rings is 1. The number of hydrogen-bond donors (Lipinski definition) is 1. The molecule has 0 amide bonds. The molecule has 1 aromatic heterocycles. The van der Waals surface area contributed by atoms with Gasteiger partial charge in [0.05, 0.1) is 5.69 Å². The second-order valence-corrected chi connectivity index (χ2v) is 5.98. The second kappa shape index (κ2) is 5.61. The number of nitrogens with zero attached hydrogens (tertiary/aromatic N) is 2. The highest BCUT2D eigenvalue weighted by atomic mass is 15.1. The van der Waals surface area contributed by atoms with Gasteiger partial charge in [-0.3, -0.25) is 0 Å². The van der Waals surface area contributed by atoms with Crippen molar-refractivity contribution in [3.8, 4) is 11.3 Å². The van der Waals surface area contributed by atoms with Crippen LogP contribution in [0.2, 0.25) is 0 Å². The minimum absolute atomic E-state index is 0.582. The normalized spacial score (nSPS) is 14.6. The van der Waals surface area contributed by atoms with Gasteiger partial charge in [-0.1, -0.05) is 38.1 Å². The molecule has 0 bridgehead atoms. The Balaban J connectivity index is 1.77. The smallest absolute Gasteiger partial charge is 0.223 e. The van der Waals surface area contributed by atoms with Crippen molar-refractivity contribution in [3.05, 3.63) is 42.1 Å². The van der Waals surface area contributed by atoms with Crippen LogP contribution in [0.4, 0.5) is 5.95 Å². The zero-order valence-corrected chi connectivity index (χ0v) is 12.1. The van der Waals surface area contributed by atoms with Crippen LogP contribution in [0.3, 0.4) is 0 Å². The molecular formula is C17H21N3. The average Bonchev–Trinajstić information content (AvgIpc) is 3.23. The van der Waals surface area contributed by atoms with Crippen LogP contribution in [0, 0.1) is 5.92 Å². The molecule has 1 aromatic carbocycles. The molecule has 1 fully saturated rings. The van der Waals surface area contributed by atoms with Gasteiger partial charge in [-0.2, -0.15) is 0 Å². The highest BCUT2D eigenvalue weighted by Crippen LogP contribution is 2.24. The number of rotatable bonds is 5. The summed E-state index contributed by atoms with van der Waals surface area (Å²) in [5, 5.41) is 3.34. The Morgan fingerprint density at radius 1 is 1.15 bits per heavy atom. The van der Waals surface area contributed by atoms with E-state index in [0.29, 0.717) is 12.0 Å². The molecule has 0 spiro atoms. The van der Waals surface area contributed by atoms with E-state index in [2.05, 4.69) is 53.4 Å². The number of nitrogens with one attached hydrogen (secondary N) is 1. The monoisotopic (exact) mass is 267 g/mol. The van der Waals surface area contributed by atoms with Crippen LogP contribution in [0.15, 0.2) is 36.5 Å². The quantitative estimate of drug-likeness (QED) is 0.892. The van der Waals surface area contributed by atoms with Gasteiger partial charge in [-0.25, -0.2) is 9.97 Å².